The van der Waals surface area contributed by atoms with Crippen LogP contribution in [0, 0.1) is 10.1 Å². The van der Waals surface area contributed by atoms with Crippen LogP contribution in [-0.4, -0.2) is 32.7 Å². The fourth-order valence-electron chi connectivity index (χ4n) is 2.18. The number of benzene rings is 1. The second-order valence-electron chi connectivity index (χ2n) is 5.69. The summed E-state index contributed by atoms with van der Waals surface area (Å²) >= 11 is 0. The lowest BCUT2D eigenvalue weighted by atomic mass is 10.2. The fraction of sp³-hybridized carbons (Fsp3) is 0.333. The van der Waals surface area contributed by atoms with Crippen molar-refractivity contribution >= 4 is 17.8 Å². The van der Waals surface area contributed by atoms with E-state index in [1.807, 2.05) is 20.8 Å². The molecule has 144 valence electrons. The maximum Gasteiger partial charge on any atom is 0.395 e. The molecular formula is C18H21N3O6. The highest BCUT2D eigenvalue weighted by atomic mass is 16.6. The minimum atomic E-state index is -1.03. The van der Waals surface area contributed by atoms with Crippen molar-refractivity contribution in [3.8, 4) is 17.4 Å². The number of nitrogens with one attached hydrogen (secondary N) is 1. The summed E-state index contributed by atoms with van der Waals surface area (Å²) in [4.78, 5) is 27.2. The van der Waals surface area contributed by atoms with E-state index < -0.39 is 22.0 Å². The van der Waals surface area contributed by atoms with Crippen LogP contribution < -0.4 is 15.0 Å². The predicted octanol–water partition coefficient (Wildman–Crippen LogP) is 3.13. The van der Waals surface area contributed by atoms with Gasteiger partial charge in [0.05, 0.1) is 17.6 Å². The molecule has 0 saturated carbocycles. The first-order chi connectivity index (χ1) is 12.8. The summed E-state index contributed by atoms with van der Waals surface area (Å²) < 4.78 is 11.4. The van der Waals surface area contributed by atoms with Gasteiger partial charge in [-0.3, -0.25) is 14.9 Å². The molecule has 0 aliphatic heterocycles. The fourth-order valence-corrected chi connectivity index (χ4v) is 2.18. The third kappa shape index (κ3) is 5.06. The van der Waals surface area contributed by atoms with E-state index in [-0.39, 0.29) is 11.9 Å². The molecule has 0 radical (unpaired) electrons. The smallest absolute Gasteiger partial charge is 0.395 e. The van der Waals surface area contributed by atoms with Crippen molar-refractivity contribution in [2.24, 2.45) is 0 Å². The number of aromatic hydroxyl groups is 1. The Hall–Kier alpha value is -3.36. The topological polar surface area (TPSA) is 128 Å². The molecule has 0 bridgehead atoms. The average molecular weight is 375 g/mol. The Morgan fingerprint density at radius 1 is 1.33 bits per heavy atom. The van der Waals surface area contributed by atoms with Gasteiger partial charge in [-0.2, -0.15) is 4.98 Å². The lowest BCUT2D eigenvalue weighted by Crippen LogP contribution is -2.14. The van der Waals surface area contributed by atoms with Crippen LogP contribution in [0.4, 0.5) is 5.69 Å². The molecule has 0 aliphatic rings. The number of nitrogens with zero attached hydrogens (tertiary/aromatic N) is 2. The summed E-state index contributed by atoms with van der Waals surface area (Å²) in [6, 6.07) is 5.33. The van der Waals surface area contributed by atoms with E-state index in [9.17, 15) is 20.0 Å². The first-order valence-electron chi connectivity index (χ1n) is 8.44. The van der Waals surface area contributed by atoms with E-state index in [1.54, 1.807) is 24.3 Å². The molecule has 2 N–H and O–H groups in total. The van der Waals surface area contributed by atoms with Crippen LogP contribution >= 0.6 is 0 Å². The highest BCUT2D eigenvalue weighted by Gasteiger charge is 2.21. The van der Waals surface area contributed by atoms with Gasteiger partial charge < -0.3 is 19.6 Å². The van der Waals surface area contributed by atoms with Gasteiger partial charge in [-0.05, 0) is 44.0 Å². The summed E-state index contributed by atoms with van der Waals surface area (Å²) in [6.45, 7) is 6.32. The number of ether oxygens (including phenoxy) is 2. The summed E-state index contributed by atoms with van der Waals surface area (Å²) in [6.07, 6.45) is 3.95. The minimum absolute atomic E-state index is 0.0130. The lowest BCUT2D eigenvalue weighted by molar-refractivity contribution is -0.387. The Balaban J connectivity index is 2.30. The molecule has 1 unspecified atom stereocenters. The van der Waals surface area contributed by atoms with Crippen LogP contribution in [0.15, 0.2) is 23.0 Å². The van der Waals surface area contributed by atoms with Crippen LogP contribution in [0.2, 0.25) is 0 Å². The van der Waals surface area contributed by atoms with Crippen molar-refractivity contribution < 1.29 is 19.5 Å². The van der Waals surface area contributed by atoms with Gasteiger partial charge in [0.2, 0.25) is 0 Å². The first kappa shape index (κ1) is 20.0. The third-order valence-electron chi connectivity index (χ3n) is 3.68. The van der Waals surface area contributed by atoms with Crippen molar-refractivity contribution in [3.63, 3.8) is 0 Å². The number of hydrogen-bond donors (Lipinski definition) is 2. The Kier molecular flexibility index (Phi) is 6.53. The number of aromatic nitrogens is 2. The molecule has 1 aromatic heterocycles. The molecule has 0 amide bonds. The van der Waals surface area contributed by atoms with E-state index in [4.69, 9.17) is 9.47 Å². The molecular weight excluding hydrogens is 354 g/mol. The van der Waals surface area contributed by atoms with Crippen LogP contribution in [0.25, 0.3) is 12.2 Å². The zero-order chi connectivity index (χ0) is 20.0. The van der Waals surface area contributed by atoms with Gasteiger partial charge in [0, 0.05) is 0 Å². The summed E-state index contributed by atoms with van der Waals surface area (Å²) in [5.41, 5.74) is -1.28. The van der Waals surface area contributed by atoms with Gasteiger partial charge in [0.1, 0.15) is 5.82 Å². The largest absolute Gasteiger partial charge is 0.490 e. The highest BCUT2D eigenvalue weighted by Crippen LogP contribution is 2.30. The van der Waals surface area contributed by atoms with E-state index >= 15 is 0 Å². The van der Waals surface area contributed by atoms with Crippen molar-refractivity contribution in [1.82, 2.24) is 9.97 Å². The zero-order valence-corrected chi connectivity index (χ0v) is 15.3. The maximum absolute atomic E-state index is 11.7. The molecule has 0 fully saturated rings. The lowest BCUT2D eigenvalue weighted by Gasteiger charge is -2.16. The van der Waals surface area contributed by atoms with Crippen molar-refractivity contribution in [2.45, 2.75) is 33.3 Å². The molecule has 1 heterocycles. The van der Waals surface area contributed by atoms with Crippen LogP contribution in [0.5, 0.6) is 17.4 Å². The van der Waals surface area contributed by atoms with Gasteiger partial charge in [-0.25, -0.2) is 0 Å². The van der Waals surface area contributed by atoms with Gasteiger partial charge in [0.15, 0.2) is 11.5 Å². The number of hydrogen-bond acceptors (Lipinski definition) is 7. The van der Waals surface area contributed by atoms with Crippen LogP contribution in [0.3, 0.4) is 0 Å². The average Bonchev–Trinajstić information content (AvgIpc) is 2.61. The van der Waals surface area contributed by atoms with Crippen molar-refractivity contribution in [2.75, 3.05) is 6.61 Å². The van der Waals surface area contributed by atoms with E-state index in [2.05, 4.69) is 9.97 Å². The molecule has 0 aliphatic carbocycles. The van der Waals surface area contributed by atoms with Gasteiger partial charge in [-0.15, -0.1) is 0 Å². The molecule has 0 spiro atoms. The molecule has 2 rings (SSSR count). The Labute approximate surface area is 155 Å². The second-order valence-corrected chi connectivity index (χ2v) is 5.69. The quantitative estimate of drug-likeness (QED) is 0.536. The maximum atomic E-state index is 11.7. The number of rotatable bonds is 8. The first-order valence-corrected chi connectivity index (χ1v) is 8.44. The number of nitro groups is 1. The highest BCUT2D eigenvalue weighted by molar-refractivity contribution is 5.68. The molecule has 27 heavy (non-hydrogen) atoms. The summed E-state index contributed by atoms with van der Waals surface area (Å²) in [7, 11) is 0. The number of aromatic amines is 1. The third-order valence-corrected chi connectivity index (χ3v) is 3.68. The van der Waals surface area contributed by atoms with Gasteiger partial charge >= 0.3 is 11.2 Å². The Morgan fingerprint density at radius 3 is 2.67 bits per heavy atom. The standard InChI is InChI=1S/C18H21N3O6/c1-4-11(3)27-13-8-6-12(10-14(13)26-5-2)7-9-15-19-17(22)16(21(24)25)18(23)20-15/h6-11H,4-5H2,1-3H3,(H2,19,20,22,23). The molecule has 1 aromatic carbocycles. The molecule has 9 heteroatoms. The molecule has 0 saturated heterocycles. The monoisotopic (exact) mass is 375 g/mol. The number of H-pyrrole nitrogens is 1. The second kappa shape index (κ2) is 8.84. The van der Waals surface area contributed by atoms with Gasteiger partial charge in [0.25, 0.3) is 5.88 Å². The molecule has 9 nitrogen and oxygen atoms in total. The SMILES string of the molecule is CCOc1cc(C=Cc2nc(O)c([N+](=O)[O-])c(=O)[nH]2)ccc1OC(C)CC. The molecule has 2 aromatic rings. The van der Waals surface area contributed by atoms with E-state index in [1.165, 1.54) is 6.08 Å². The van der Waals surface area contributed by atoms with E-state index in [0.717, 1.165) is 12.0 Å². The van der Waals surface area contributed by atoms with E-state index in [0.29, 0.717) is 18.1 Å². The normalized spacial score (nSPS) is 12.1. The van der Waals surface area contributed by atoms with Crippen LogP contribution in [0.1, 0.15) is 38.6 Å². The van der Waals surface area contributed by atoms with Gasteiger partial charge in [-0.1, -0.05) is 19.1 Å². The van der Waals surface area contributed by atoms with Crippen LogP contribution in [-0.2, 0) is 0 Å². The minimum Gasteiger partial charge on any atom is -0.490 e. The van der Waals surface area contributed by atoms with Crippen molar-refractivity contribution in [1.29, 1.82) is 0 Å². The Morgan fingerprint density at radius 2 is 2.07 bits per heavy atom. The summed E-state index contributed by atoms with van der Waals surface area (Å²) in [5, 5.41) is 20.3. The Bertz CT molecular complexity index is 906. The van der Waals surface area contributed by atoms with Crippen molar-refractivity contribution in [3.05, 3.63) is 50.1 Å². The summed E-state index contributed by atoms with van der Waals surface area (Å²) in [5.74, 6) is 0.257. The predicted molar refractivity (Wildman–Crippen MR) is 100 cm³/mol. The molecule has 1 atom stereocenters. The zero-order valence-electron chi connectivity index (χ0n) is 15.3.